The third kappa shape index (κ3) is 5.79. The Kier molecular flexibility index (Phi) is 7.24. The van der Waals surface area contributed by atoms with E-state index in [9.17, 15) is 8.42 Å². The van der Waals surface area contributed by atoms with Crippen molar-refractivity contribution >= 4 is 21.4 Å². The molecule has 1 N–H and O–H groups in total. The van der Waals surface area contributed by atoms with Gasteiger partial charge < -0.3 is 9.47 Å². The van der Waals surface area contributed by atoms with Gasteiger partial charge in [0.1, 0.15) is 11.5 Å². The highest BCUT2D eigenvalue weighted by Gasteiger charge is 2.14. The van der Waals surface area contributed by atoms with E-state index in [0.29, 0.717) is 18.8 Å². The predicted molar refractivity (Wildman–Crippen MR) is 115 cm³/mol. The number of nitrogens with zero attached hydrogens (tertiary/aromatic N) is 1. The molecule has 0 unspecified atom stereocenters. The maximum Gasteiger partial charge on any atom is 0.240 e. The van der Waals surface area contributed by atoms with Gasteiger partial charge in [-0.2, -0.15) is 0 Å². The lowest BCUT2D eigenvalue weighted by Gasteiger charge is -2.08. The average molecular weight is 433 g/mol. The van der Waals surface area contributed by atoms with Gasteiger partial charge in [-0.05, 0) is 55.0 Å². The highest BCUT2D eigenvalue weighted by molar-refractivity contribution is 7.89. The molecule has 29 heavy (non-hydrogen) atoms. The lowest BCUT2D eigenvalue weighted by molar-refractivity contribution is 0.317. The SMILES string of the molecule is CCCOc1ccc(S(=O)(=O)NCCc2nc(-c3ccc(OC)cc3)cs2)cc1. The van der Waals surface area contributed by atoms with E-state index in [-0.39, 0.29) is 11.4 Å². The van der Waals surface area contributed by atoms with E-state index in [0.717, 1.165) is 28.4 Å². The average Bonchev–Trinajstić information content (AvgIpc) is 3.21. The Labute approximate surface area is 175 Å². The minimum absolute atomic E-state index is 0.222. The zero-order valence-corrected chi connectivity index (χ0v) is 18.1. The highest BCUT2D eigenvalue weighted by Crippen LogP contribution is 2.24. The molecule has 0 aliphatic rings. The molecule has 0 radical (unpaired) electrons. The number of hydrogen-bond acceptors (Lipinski definition) is 6. The van der Waals surface area contributed by atoms with Crippen molar-refractivity contribution in [3.63, 3.8) is 0 Å². The van der Waals surface area contributed by atoms with Crippen molar-refractivity contribution < 1.29 is 17.9 Å². The minimum Gasteiger partial charge on any atom is -0.497 e. The van der Waals surface area contributed by atoms with Gasteiger partial charge in [0.15, 0.2) is 0 Å². The van der Waals surface area contributed by atoms with Crippen molar-refractivity contribution in [1.29, 1.82) is 0 Å². The number of ether oxygens (including phenoxy) is 2. The number of hydrogen-bond donors (Lipinski definition) is 1. The maximum atomic E-state index is 12.5. The Balaban J connectivity index is 1.55. The van der Waals surface area contributed by atoms with Crippen LogP contribution < -0.4 is 14.2 Å². The molecule has 0 spiro atoms. The lowest BCUT2D eigenvalue weighted by Crippen LogP contribution is -2.25. The summed E-state index contributed by atoms with van der Waals surface area (Å²) < 4.78 is 38.2. The molecule has 0 saturated carbocycles. The third-order valence-corrected chi connectivity index (χ3v) is 6.56. The summed E-state index contributed by atoms with van der Waals surface area (Å²) in [6.45, 7) is 2.91. The molecule has 1 heterocycles. The van der Waals surface area contributed by atoms with E-state index < -0.39 is 10.0 Å². The molecule has 1 aromatic heterocycles. The first kappa shape index (κ1) is 21.3. The number of methoxy groups -OCH3 is 1. The van der Waals surface area contributed by atoms with Gasteiger partial charge in [0.25, 0.3) is 0 Å². The van der Waals surface area contributed by atoms with Crippen molar-refractivity contribution in [3.05, 3.63) is 58.9 Å². The van der Waals surface area contributed by atoms with E-state index in [1.807, 2.05) is 36.6 Å². The summed E-state index contributed by atoms with van der Waals surface area (Å²) >= 11 is 1.52. The Hall–Kier alpha value is -2.42. The molecule has 8 heteroatoms. The van der Waals surface area contributed by atoms with Gasteiger partial charge in [0, 0.05) is 23.9 Å². The Morgan fingerprint density at radius 1 is 1.03 bits per heavy atom. The van der Waals surface area contributed by atoms with Crippen LogP contribution in [0, 0.1) is 0 Å². The number of sulfonamides is 1. The normalized spacial score (nSPS) is 11.4. The summed E-state index contributed by atoms with van der Waals surface area (Å²) in [5.41, 5.74) is 1.87. The van der Waals surface area contributed by atoms with E-state index in [1.165, 1.54) is 11.3 Å². The highest BCUT2D eigenvalue weighted by atomic mass is 32.2. The fourth-order valence-electron chi connectivity index (χ4n) is 2.63. The molecule has 3 aromatic rings. The first-order chi connectivity index (χ1) is 14.0. The lowest BCUT2D eigenvalue weighted by atomic mass is 10.2. The molecule has 0 amide bonds. The zero-order valence-electron chi connectivity index (χ0n) is 16.4. The summed E-state index contributed by atoms with van der Waals surface area (Å²) in [5.74, 6) is 1.46. The molecule has 0 atom stereocenters. The molecular weight excluding hydrogens is 408 g/mol. The number of aromatic nitrogens is 1. The first-order valence-corrected chi connectivity index (χ1v) is 11.7. The molecule has 0 bridgehead atoms. The van der Waals surface area contributed by atoms with Crippen molar-refractivity contribution in [2.75, 3.05) is 20.3 Å². The van der Waals surface area contributed by atoms with E-state index >= 15 is 0 Å². The monoisotopic (exact) mass is 432 g/mol. The van der Waals surface area contributed by atoms with Gasteiger partial charge in [-0.1, -0.05) is 6.92 Å². The molecule has 2 aromatic carbocycles. The molecule has 0 saturated heterocycles. The molecule has 154 valence electrons. The van der Waals surface area contributed by atoms with E-state index in [2.05, 4.69) is 9.71 Å². The second kappa shape index (κ2) is 9.87. The van der Waals surface area contributed by atoms with E-state index in [1.54, 1.807) is 31.4 Å². The van der Waals surface area contributed by atoms with Crippen LogP contribution in [0.1, 0.15) is 18.4 Å². The standard InChI is InChI=1S/C21H24N2O4S2/c1-3-14-27-18-8-10-19(11-9-18)29(24,25)22-13-12-21-23-20(15-28-21)16-4-6-17(26-2)7-5-16/h4-11,15,22H,3,12-14H2,1-2H3. The van der Waals surface area contributed by atoms with Crippen molar-refractivity contribution in [3.8, 4) is 22.8 Å². The quantitative estimate of drug-likeness (QED) is 0.521. The van der Waals surface area contributed by atoms with Gasteiger partial charge in [-0.3, -0.25) is 0 Å². The first-order valence-electron chi connectivity index (χ1n) is 9.33. The van der Waals surface area contributed by atoms with Crippen molar-refractivity contribution in [1.82, 2.24) is 9.71 Å². The van der Waals surface area contributed by atoms with E-state index in [4.69, 9.17) is 9.47 Å². The zero-order chi connectivity index (χ0) is 20.7. The summed E-state index contributed by atoms with van der Waals surface area (Å²) in [6, 6.07) is 14.1. The van der Waals surface area contributed by atoms with Crippen LogP contribution in [-0.4, -0.2) is 33.7 Å². The van der Waals surface area contributed by atoms with Crippen LogP contribution in [0.4, 0.5) is 0 Å². The van der Waals surface area contributed by atoms with Crippen LogP contribution in [0.25, 0.3) is 11.3 Å². The number of nitrogens with one attached hydrogen (secondary N) is 1. The maximum absolute atomic E-state index is 12.5. The Morgan fingerprint density at radius 2 is 1.72 bits per heavy atom. The molecular formula is C21H24N2O4S2. The van der Waals surface area contributed by atoms with Crippen LogP contribution in [-0.2, 0) is 16.4 Å². The molecule has 0 aliphatic carbocycles. The molecule has 0 aliphatic heterocycles. The van der Waals surface area contributed by atoms with Crippen LogP contribution in [0.5, 0.6) is 11.5 Å². The number of benzene rings is 2. The van der Waals surface area contributed by atoms with Crippen LogP contribution in [0.15, 0.2) is 58.8 Å². The predicted octanol–water partition coefficient (Wildman–Crippen LogP) is 4.13. The minimum atomic E-state index is -3.56. The fourth-order valence-corrected chi connectivity index (χ4v) is 4.47. The summed E-state index contributed by atoms with van der Waals surface area (Å²) in [7, 11) is -1.93. The van der Waals surface area contributed by atoms with Gasteiger partial charge >= 0.3 is 0 Å². The van der Waals surface area contributed by atoms with Crippen molar-refractivity contribution in [2.24, 2.45) is 0 Å². The molecule has 6 nitrogen and oxygen atoms in total. The van der Waals surface area contributed by atoms with Crippen LogP contribution in [0.3, 0.4) is 0 Å². The van der Waals surface area contributed by atoms with Gasteiger partial charge in [-0.25, -0.2) is 18.1 Å². The number of thiazole rings is 1. The van der Waals surface area contributed by atoms with Gasteiger partial charge in [0.05, 0.1) is 29.3 Å². The fraction of sp³-hybridized carbons (Fsp3) is 0.286. The summed E-state index contributed by atoms with van der Waals surface area (Å²) in [5, 5.41) is 2.85. The summed E-state index contributed by atoms with van der Waals surface area (Å²) in [4.78, 5) is 4.82. The van der Waals surface area contributed by atoms with Gasteiger partial charge in [-0.15, -0.1) is 11.3 Å². The topological polar surface area (TPSA) is 77.5 Å². The third-order valence-electron chi connectivity index (χ3n) is 4.18. The van der Waals surface area contributed by atoms with Crippen LogP contribution in [0.2, 0.25) is 0 Å². The number of rotatable bonds is 10. The van der Waals surface area contributed by atoms with Crippen molar-refractivity contribution in [2.45, 2.75) is 24.7 Å². The molecule has 3 rings (SSSR count). The second-order valence-corrected chi connectivity index (χ2v) is 9.03. The Morgan fingerprint density at radius 3 is 2.38 bits per heavy atom. The second-order valence-electron chi connectivity index (χ2n) is 6.32. The van der Waals surface area contributed by atoms with Gasteiger partial charge in [0.2, 0.25) is 10.0 Å². The largest absolute Gasteiger partial charge is 0.497 e. The van der Waals surface area contributed by atoms with Crippen LogP contribution >= 0.6 is 11.3 Å². The smallest absolute Gasteiger partial charge is 0.240 e. The Bertz CT molecular complexity index is 1010. The molecule has 0 fully saturated rings. The summed E-state index contributed by atoms with van der Waals surface area (Å²) in [6.07, 6.45) is 1.43.